The van der Waals surface area contributed by atoms with Crippen LogP contribution < -0.4 is 0 Å². The van der Waals surface area contributed by atoms with E-state index in [2.05, 4.69) is 10.2 Å². The molecule has 0 aromatic carbocycles. The van der Waals surface area contributed by atoms with Crippen molar-refractivity contribution in [3.05, 3.63) is 23.5 Å². The molecule has 0 atom stereocenters. The smallest absolute Gasteiger partial charge is 0.166 e. The summed E-state index contributed by atoms with van der Waals surface area (Å²) in [6, 6.07) is 1.05. The monoisotopic (exact) mass is 218 g/mol. The second-order valence-electron chi connectivity index (χ2n) is 4.67. The molecular weight excluding hydrogens is 205 g/mol. The first-order valence-corrected chi connectivity index (χ1v) is 4.57. The first-order valence-electron chi connectivity index (χ1n) is 4.57. The van der Waals surface area contributed by atoms with E-state index in [1.54, 1.807) is 0 Å². The van der Waals surface area contributed by atoms with E-state index in [-0.39, 0.29) is 5.41 Å². The van der Waals surface area contributed by atoms with Gasteiger partial charge in [-0.15, -0.1) is 0 Å². The van der Waals surface area contributed by atoms with Gasteiger partial charge in [-0.2, -0.15) is 23.4 Å². The minimum absolute atomic E-state index is 0.0983. The van der Waals surface area contributed by atoms with E-state index in [0.717, 1.165) is 12.3 Å². The van der Waals surface area contributed by atoms with Gasteiger partial charge in [0.15, 0.2) is 0 Å². The molecule has 0 amide bonds. The van der Waals surface area contributed by atoms with Crippen LogP contribution in [0, 0.1) is 5.41 Å². The van der Waals surface area contributed by atoms with Crippen LogP contribution in [0.5, 0.6) is 0 Å². The first-order chi connectivity index (χ1) is 6.68. The third-order valence-electron chi connectivity index (χ3n) is 1.74. The first kappa shape index (κ1) is 11.9. The van der Waals surface area contributed by atoms with Gasteiger partial charge in [0.2, 0.25) is 0 Å². The third kappa shape index (κ3) is 3.85. The summed E-state index contributed by atoms with van der Waals surface area (Å²) in [5.74, 6) is 0. The standard InChI is InChI=1S/C10H13F3N2/c1-9(2,3)5-8-4-7(6-14-15-8)10(11,12)13/h4,6H,5H2,1-3H3. The summed E-state index contributed by atoms with van der Waals surface area (Å²) >= 11 is 0. The van der Waals surface area contributed by atoms with Crippen LogP contribution in [0.2, 0.25) is 0 Å². The number of hydrogen-bond donors (Lipinski definition) is 0. The van der Waals surface area contributed by atoms with Crippen molar-refractivity contribution in [3.8, 4) is 0 Å². The fourth-order valence-electron chi connectivity index (χ4n) is 1.20. The third-order valence-corrected chi connectivity index (χ3v) is 1.74. The van der Waals surface area contributed by atoms with Crippen molar-refractivity contribution in [1.29, 1.82) is 0 Å². The Kier molecular flexibility index (Phi) is 3.02. The normalized spacial score (nSPS) is 12.9. The quantitative estimate of drug-likeness (QED) is 0.723. The maximum Gasteiger partial charge on any atom is 0.418 e. The van der Waals surface area contributed by atoms with Gasteiger partial charge in [0.05, 0.1) is 17.5 Å². The van der Waals surface area contributed by atoms with Gasteiger partial charge in [0.1, 0.15) is 0 Å². The number of halogens is 3. The van der Waals surface area contributed by atoms with E-state index in [9.17, 15) is 13.2 Å². The molecule has 5 heteroatoms. The predicted molar refractivity (Wildman–Crippen MR) is 50.2 cm³/mol. The number of rotatable bonds is 1. The summed E-state index contributed by atoms with van der Waals surface area (Å²) in [6.07, 6.45) is -3.13. The lowest BCUT2D eigenvalue weighted by Crippen LogP contribution is -2.13. The maximum atomic E-state index is 12.3. The summed E-state index contributed by atoms with van der Waals surface area (Å²) in [7, 11) is 0. The summed E-state index contributed by atoms with van der Waals surface area (Å²) in [5, 5.41) is 7.05. The average Bonchev–Trinajstić information content (AvgIpc) is 1.99. The highest BCUT2D eigenvalue weighted by molar-refractivity contribution is 5.16. The second-order valence-corrected chi connectivity index (χ2v) is 4.67. The average molecular weight is 218 g/mol. The van der Waals surface area contributed by atoms with Crippen molar-refractivity contribution in [2.24, 2.45) is 5.41 Å². The van der Waals surface area contributed by atoms with Crippen molar-refractivity contribution in [1.82, 2.24) is 10.2 Å². The Bertz CT molecular complexity index is 339. The van der Waals surface area contributed by atoms with Crippen LogP contribution in [0.1, 0.15) is 32.0 Å². The van der Waals surface area contributed by atoms with Crippen LogP contribution in [-0.4, -0.2) is 10.2 Å². The van der Waals surface area contributed by atoms with E-state index in [1.165, 1.54) is 0 Å². The SMILES string of the molecule is CC(C)(C)Cc1cc(C(F)(F)F)cnn1. The molecule has 0 spiro atoms. The van der Waals surface area contributed by atoms with Crippen LogP contribution >= 0.6 is 0 Å². The van der Waals surface area contributed by atoms with E-state index < -0.39 is 11.7 Å². The van der Waals surface area contributed by atoms with Gasteiger partial charge in [-0.25, -0.2) is 0 Å². The molecular formula is C10H13F3N2. The highest BCUT2D eigenvalue weighted by Crippen LogP contribution is 2.29. The van der Waals surface area contributed by atoms with Crippen LogP contribution in [0.4, 0.5) is 13.2 Å². The van der Waals surface area contributed by atoms with Gasteiger partial charge < -0.3 is 0 Å². The Hall–Kier alpha value is -1.13. The highest BCUT2D eigenvalue weighted by Gasteiger charge is 2.31. The van der Waals surface area contributed by atoms with Gasteiger partial charge in [-0.3, -0.25) is 0 Å². The fourth-order valence-corrected chi connectivity index (χ4v) is 1.20. The molecule has 1 aromatic heterocycles. The molecule has 0 bridgehead atoms. The lowest BCUT2D eigenvalue weighted by Gasteiger charge is -2.17. The Morgan fingerprint density at radius 3 is 2.27 bits per heavy atom. The maximum absolute atomic E-state index is 12.3. The molecule has 15 heavy (non-hydrogen) atoms. The minimum Gasteiger partial charge on any atom is -0.166 e. The second kappa shape index (κ2) is 3.79. The largest absolute Gasteiger partial charge is 0.418 e. The summed E-state index contributed by atoms with van der Waals surface area (Å²) < 4.78 is 37.0. The van der Waals surface area contributed by atoms with Crippen molar-refractivity contribution >= 4 is 0 Å². The topological polar surface area (TPSA) is 25.8 Å². The molecule has 84 valence electrons. The molecule has 1 aromatic rings. The van der Waals surface area contributed by atoms with Crippen molar-refractivity contribution in [2.75, 3.05) is 0 Å². The zero-order valence-corrected chi connectivity index (χ0v) is 8.89. The molecule has 0 radical (unpaired) electrons. The van der Waals surface area contributed by atoms with E-state index in [0.29, 0.717) is 12.1 Å². The molecule has 0 aliphatic carbocycles. The lowest BCUT2D eigenvalue weighted by atomic mass is 9.90. The van der Waals surface area contributed by atoms with Gasteiger partial charge in [-0.05, 0) is 17.9 Å². The zero-order chi connectivity index (χ0) is 11.7. The number of aromatic nitrogens is 2. The van der Waals surface area contributed by atoms with Crippen molar-refractivity contribution in [3.63, 3.8) is 0 Å². The van der Waals surface area contributed by atoms with Crippen LogP contribution in [0.25, 0.3) is 0 Å². The van der Waals surface area contributed by atoms with E-state index in [1.807, 2.05) is 20.8 Å². The molecule has 1 heterocycles. The van der Waals surface area contributed by atoms with Gasteiger partial charge in [0.25, 0.3) is 0 Å². The molecule has 0 N–H and O–H groups in total. The van der Waals surface area contributed by atoms with E-state index in [4.69, 9.17) is 0 Å². The van der Waals surface area contributed by atoms with Crippen LogP contribution in [0.3, 0.4) is 0 Å². The lowest BCUT2D eigenvalue weighted by molar-refractivity contribution is -0.138. The van der Waals surface area contributed by atoms with Gasteiger partial charge in [-0.1, -0.05) is 20.8 Å². The summed E-state index contributed by atoms with van der Waals surface area (Å²) in [5.41, 5.74) is -0.465. The molecule has 1 rings (SSSR count). The molecule has 0 unspecified atom stereocenters. The molecule has 2 nitrogen and oxygen atoms in total. The number of nitrogens with zero attached hydrogens (tertiary/aromatic N) is 2. The number of alkyl halides is 3. The summed E-state index contributed by atoms with van der Waals surface area (Å²) in [6.45, 7) is 5.82. The Morgan fingerprint density at radius 2 is 1.80 bits per heavy atom. The zero-order valence-electron chi connectivity index (χ0n) is 8.89. The molecule has 0 aliphatic rings. The molecule has 0 saturated carbocycles. The van der Waals surface area contributed by atoms with E-state index >= 15 is 0 Å². The Balaban J connectivity index is 2.94. The number of hydrogen-bond acceptors (Lipinski definition) is 2. The van der Waals surface area contributed by atoms with Gasteiger partial charge in [0, 0.05) is 0 Å². The minimum atomic E-state index is -4.34. The Morgan fingerprint density at radius 1 is 1.20 bits per heavy atom. The van der Waals surface area contributed by atoms with Gasteiger partial charge >= 0.3 is 6.18 Å². The highest BCUT2D eigenvalue weighted by atomic mass is 19.4. The predicted octanol–water partition coefficient (Wildman–Crippen LogP) is 3.08. The fraction of sp³-hybridized carbons (Fsp3) is 0.600. The Labute approximate surface area is 86.5 Å². The van der Waals surface area contributed by atoms with Crippen LogP contribution in [-0.2, 0) is 12.6 Å². The van der Waals surface area contributed by atoms with Crippen molar-refractivity contribution < 1.29 is 13.2 Å². The molecule has 0 fully saturated rings. The molecule has 0 saturated heterocycles. The van der Waals surface area contributed by atoms with Crippen LogP contribution in [0.15, 0.2) is 12.3 Å². The molecule has 0 aliphatic heterocycles. The van der Waals surface area contributed by atoms with Crippen molar-refractivity contribution in [2.45, 2.75) is 33.4 Å². The summed E-state index contributed by atoms with van der Waals surface area (Å²) in [4.78, 5) is 0.